The first-order chi connectivity index (χ1) is 69.9. The van der Waals surface area contributed by atoms with Crippen LogP contribution in [0.2, 0.25) is 0 Å². The third-order valence-corrected chi connectivity index (χ3v) is 22.2. The molecule has 17 N–H and O–H groups in total. The Morgan fingerprint density at radius 3 is 0.800 bits per heavy atom. The third-order valence-electron chi connectivity index (χ3n) is 22.2. The highest BCUT2D eigenvalue weighted by molar-refractivity contribution is 5.96. The summed E-state index contributed by atoms with van der Waals surface area (Å²) >= 11 is 0. The summed E-state index contributed by atoms with van der Waals surface area (Å²) in [6.45, 7) is 12.9. The molecule has 0 radical (unpaired) electrons. The van der Waals surface area contributed by atoms with Gasteiger partial charge in [0.15, 0.2) is 73.2 Å². The first-order valence-electron chi connectivity index (χ1n) is 44.1. The molecule has 10 aromatic carbocycles. The lowest BCUT2D eigenvalue weighted by Gasteiger charge is -2.13. The highest BCUT2D eigenvalue weighted by Crippen LogP contribution is 2.42. The minimum Gasteiger partial charge on any atom is -0.503 e. The van der Waals surface area contributed by atoms with Gasteiger partial charge in [-0.1, -0.05) is 60.7 Å². The molecule has 0 amide bonds. The number of phenolic OH excluding ortho intramolecular Hbond substituents is 1. The number of phenols is 1. The van der Waals surface area contributed by atoms with Crippen molar-refractivity contribution in [3.8, 4) is 153 Å². The predicted molar refractivity (Wildman–Crippen MR) is 528 cm³/mol. The number of aromatic amines is 10. The Bertz CT molecular complexity index is 8260. The number of hydrogen-bond donors (Lipinski definition) is 16. The van der Waals surface area contributed by atoms with Crippen molar-refractivity contribution in [3.05, 3.63) is 305 Å². The molecule has 0 aliphatic carbocycles. The lowest BCUT2D eigenvalue weighted by atomic mass is 9.98. The van der Waals surface area contributed by atoms with Crippen LogP contribution < -0.4 is 62.0 Å². The Balaban J connectivity index is 0.000000130. The van der Waals surface area contributed by atoms with Crippen molar-refractivity contribution >= 4 is 85.4 Å². The molecule has 732 valence electrons. The van der Waals surface area contributed by atoms with E-state index in [4.69, 9.17) is 44.4 Å². The van der Waals surface area contributed by atoms with E-state index in [0.717, 1.165) is 51.6 Å². The number of aryl methyl sites for hydroxylation is 1. The smallest absolute Gasteiger partial charge is 0.339 e. The number of benzene rings is 10. The normalized spacial score (nSPS) is 11.0. The quantitative estimate of drug-likeness (QED) is 0.0236. The molecular weight excluding hydrogens is 1880 g/mol. The number of nitrogens with zero attached hydrogens (tertiary/aromatic N) is 10. The Hall–Kier alpha value is -20.0. The molecular formula is C101H82F3N21O20. The summed E-state index contributed by atoms with van der Waals surface area (Å²) in [7, 11) is 1.42. The van der Waals surface area contributed by atoms with E-state index in [1.165, 1.54) is 63.0 Å². The molecule has 0 aliphatic rings. The van der Waals surface area contributed by atoms with Crippen LogP contribution >= 0.6 is 0 Å². The van der Waals surface area contributed by atoms with Crippen molar-refractivity contribution < 1.29 is 86.3 Å². The molecule has 0 atom stereocenters. The number of carboxylic acid groups (broad SMARTS) is 4. The van der Waals surface area contributed by atoms with Crippen LogP contribution in [0.1, 0.15) is 81.6 Å². The van der Waals surface area contributed by atoms with Crippen LogP contribution in [0, 0.1) is 24.4 Å². The Kier molecular flexibility index (Phi) is 28.8. The number of methoxy groups -OCH3 is 1. The van der Waals surface area contributed by atoms with E-state index in [0.29, 0.717) is 163 Å². The third kappa shape index (κ3) is 21.1. The van der Waals surface area contributed by atoms with Gasteiger partial charge in [0.2, 0.25) is 0 Å². The van der Waals surface area contributed by atoms with E-state index >= 15 is 0 Å². The van der Waals surface area contributed by atoms with Gasteiger partial charge in [0.25, 0.3) is 27.8 Å². The fraction of sp³-hybridized carbons (Fsp3) is 0.119. The predicted octanol–water partition coefficient (Wildman–Crippen LogP) is 15.7. The van der Waals surface area contributed by atoms with Gasteiger partial charge in [-0.05, 0) is 218 Å². The second kappa shape index (κ2) is 42.6. The van der Waals surface area contributed by atoms with Gasteiger partial charge < -0.3 is 110 Å². The maximum Gasteiger partial charge on any atom is 0.339 e. The number of aromatic carboxylic acids is 4. The van der Waals surface area contributed by atoms with E-state index in [2.05, 4.69) is 99.7 Å². The molecule has 0 aliphatic heterocycles. The van der Waals surface area contributed by atoms with Crippen LogP contribution in [0.3, 0.4) is 0 Å². The topological polar surface area (TPSA) is 623 Å². The number of ether oxygens (including phenoxy) is 6. The average Bonchev–Trinajstić information content (AvgIpc) is 1.76. The molecule has 10 heterocycles. The molecule has 10 aromatic heterocycles. The van der Waals surface area contributed by atoms with Crippen molar-refractivity contribution in [2.45, 2.75) is 41.5 Å². The van der Waals surface area contributed by atoms with Crippen LogP contribution in [0.5, 0.6) is 40.2 Å². The summed E-state index contributed by atoms with van der Waals surface area (Å²) in [6, 6.07) is 47.0. The molecule has 44 heteroatoms. The minimum atomic E-state index is -1.33. The number of hydrogen-bond acceptors (Lipinski definition) is 27. The Labute approximate surface area is 812 Å². The number of aromatic nitrogens is 20. The summed E-state index contributed by atoms with van der Waals surface area (Å²) < 4.78 is 75.4. The Morgan fingerprint density at radius 1 is 0.303 bits per heavy atom. The molecule has 41 nitrogen and oxygen atoms in total. The number of nitrogens with two attached hydrogens (primary N) is 1. The molecule has 0 spiro atoms. The van der Waals surface area contributed by atoms with E-state index < -0.39 is 52.6 Å². The maximum atomic E-state index is 14.1. The number of halogens is 3. The summed E-state index contributed by atoms with van der Waals surface area (Å²) in [4.78, 5) is 175. The van der Waals surface area contributed by atoms with Gasteiger partial charge in [0.05, 0.1) is 116 Å². The van der Waals surface area contributed by atoms with Crippen molar-refractivity contribution in [3.63, 3.8) is 0 Å². The lowest BCUT2D eigenvalue weighted by molar-refractivity contribution is 0.0681. The largest absolute Gasteiger partial charge is 0.503 e. The molecule has 20 aromatic rings. The second-order valence-corrected chi connectivity index (χ2v) is 31.2. The number of nitrogen functional groups attached to an aromatic ring is 1. The zero-order valence-corrected chi connectivity index (χ0v) is 77.2. The van der Waals surface area contributed by atoms with Gasteiger partial charge in [-0.2, -0.15) is 0 Å². The number of imidazole rings is 5. The first kappa shape index (κ1) is 98.1. The van der Waals surface area contributed by atoms with Crippen LogP contribution in [0.25, 0.3) is 168 Å². The van der Waals surface area contributed by atoms with E-state index in [1.807, 2.05) is 70.2 Å². The number of fused-ring (bicyclic) bond motifs is 5. The van der Waals surface area contributed by atoms with Gasteiger partial charge in [0.1, 0.15) is 75.0 Å². The fourth-order valence-electron chi connectivity index (χ4n) is 15.4. The maximum absolute atomic E-state index is 14.1. The fourth-order valence-corrected chi connectivity index (χ4v) is 15.4. The zero-order chi connectivity index (χ0) is 103. The zero-order valence-electron chi connectivity index (χ0n) is 77.2. The summed E-state index contributed by atoms with van der Waals surface area (Å²) in [5.41, 5.74) is 17.4. The monoisotopic (exact) mass is 1970 g/mol. The highest BCUT2D eigenvalue weighted by atomic mass is 19.1. The summed E-state index contributed by atoms with van der Waals surface area (Å²) in [5.74, 6) is -4.16. The van der Waals surface area contributed by atoms with Crippen LogP contribution in [-0.2, 0) is 0 Å². The highest BCUT2D eigenvalue weighted by Gasteiger charge is 2.25. The number of aromatic hydroxyl groups is 1. The minimum absolute atomic E-state index is 0.0458. The van der Waals surface area contributed by atoms with Crippen LogP contribution in [0.15, 0.2) is 232 Å². The number of H-pyrrole nitrogens is 10. The average molecular weight is 1970 g/mol. The van der Waals surface area contributed by atoms with Gasteiger partial charge in [0, 0.05) is 5.69 Å². The van der Waals surface area contributed by atoms with Crippen molar-refractivity contribution in [2.75, 3.05) is 45.9 Å². The van der Waals surface area contributed by atoms with Crippen molar-refractivity contribution in [2.24, 2.45) is 0 Å². The molecule has 0 bridgehead atoms. The number of carbonyl (C=O) groups is 4. The lowest BCUT2D eigenvalue weighted by Crippen LogP contribution is -2.10. The van der Waals surface area contributed by atoms with Crippen molar-refractivity contribution in [1.82, 2.24) is 99.7 Å². The number of rotatable bonds is 25. The van der Waals surface area contributed by atoms with Crippen LogP contribution in [0.4, 0.5) is 18.9 Å². The van der Waals surface area contributed by atoms with Gasteiger partial charge in [-0.15, -0.1) is 0 Å². The van der Waals surface area contributed by atoms with E-state index in [-0.39, 0.29) is 95.5 Å². The number of nitrogens with one attached hydrogen (secondary N) is 10. The van der Waals surface area contributed by atoms with Crippen LogP contribution in [-0.4, -0.2) is 189 Å². The van der Waals surface area contributed by atoms with E-state index in [1.54, 1.807) is 105 Å². The Morgan fingerprint density at radius 2 is 0.538 bits per heavy atom. The molecule has 0 fully saturated rings. The van der Waals surface area contributed by atoms with Gasteiger partial charge in [-0.25, -0.2) is 82.2 Å². The molecule has 0 unspecified atom stereocenters. The first-order valence-corrected chi connectivity index (χ1v) is 44.1. The van der Waals surface area contributed by atoms with Crippen molar-refractivity contribution in [1.29, 1.82) is 0 Å². The van der Waals surface area contributed by atoms with E-state index in [9.17, 15) is 71.6 Å². The number of anilines is 1. The summed E-state index contributed by atoms with van der Waals surface area (Å²) in [5, 5.41) is 45.9. The SMILES string of the molecule is CCOc1cc(-c2cc(F)c(O)c(F)c2)ccc1-c1nc2nc[nH]c2c(=O)[nH]1.CCOc1cc(-c2ccc(C(=O)O)c(C)c2)ccc1-c1nc2nc[nH]c2c(=O)[nH]1.CCOc1cc(-c2ccc(C(=O)O)c(F)c2)ccc1-c1nc2nc[nH]c2c(=O)[nH]1.CCOc1cc(-c2ccc(C(=O)O)c(N)c2)ccc1-c1nc2nc[nH]c2c(=O)[nH]1.CCOc1cc(-c2ccc(C(=O)O)c(OC)c2)ccc1-c1nc2nc[nH]c2c(=O)[nH]1. The molecule has 0 saturated carbocycles. The molecule has 20 rings (SSSR count). The number of carboxylic acids is 4. The second-order valence-electron chi connectivity index (χ2n) is 31.2. The molecule has 145 heavy (non-hydrogen) atoms. The standard InChI is InChI=1S/C21H18N4O5.C21H18N4O4.C20H15FN4O4.C20H17N5O4.C19H14F2N4O3/c1-3-30-16-9-12(11-5-7-14(21(27)28)15(8-11)29-2)4-6-13(16)18-24-19-17(20(26)25-18)22-10-23-19;1-3-29-16-9-13(12-4-6-14(21(27)28)11(2)8-12)5-7-15(16)18-24-19-17(20(26)25-18)22-10-23-19;2*1-2-29-15-8-11(10-3-5-12(20(27)28)14(21)7-10)4-6-13(15)17-24-18-16(19(26)25-17)22-9-23-18;1-2-28-14-7-9(10-5-12(20)16(26)13(21)6-10)3-4-11(14)17-24-18-15(19(27)25-17)22-8-23-18/h4-10H,3H2,1-2H3,(H,27,28)(H2,22,23,24,25,26);4-10H,3H2,1-2H3,(H,27,28)(H2,22,23,24,25,26);3-9H,2H2,1H3,(H,27,28)(H2,22,23,24,25,26);3-9H,2,21H2,1H3,(H,27,28)(H2,22,23,24,25,26);3-8,26H,2H2,1H3,(H2,22,23,24,25,27). The molecule has 0 saturated heterocycles. The van der Waals surface area contributed by atoms with Gasteiger partial charge >= 0.3 is 23.9 Å². The summed E-state index contributed by atoms with van der Waals surface area (Å²) in [6.07, 6.45) is 7.01. The van der Waals surface area contributed by atoms with Gasteiger partial charge in [-0.3, -0.25) is 24.0 Å².